The summed E-state index contributed by atoms with van der Waals surface area (Å²) < 4.78 is 3.26. The number of hydrogen-bond donors (Lipinski definition) is 1. The average molecular weight is 240 g/mol. The molecule has 0 fully saturated rings. The van der Waals surface area contributed by atoms with Crippen LogP contribution in [0.25, 0.3) is 0 Å². The molecule has 17 heavy (non-hydrogen) atoms. The molecule has 3 heteroatoms. The van der Waals surface area contributed by atoms with Gasteiger partial charge in [0.05, 0.1) is 11.6 Å². The SMILES string of the molecule is Cc1ccc(NSc2ccc(C#N)cc2)cc1. The highest BCUT2D eigenvalue weighted by Crippen LogP contribution is 2.21. The molecular formula is C14H12N2S. The molecule has 0 aliphatic carbocycles. The summed E-state index contributed by atoms with van der Waals surface area (Å²) in [4.78, 5) is 1.09. The van der Waals surface area contributed by atoms with Crippen LogP contribution in [0.2, 0.25) is 0 Å². The van der Waals surface area contributed by atoms with Gasteiger partial charge in [-0.1, -0.05) is 17.7 Å². The van der Waals surface area contributed by atoms with E-state index in [1.54, 1.807) is 0 Å². The van der Waals surface area contributed by atoms with Gasteiger partial charge in [0, 0.05) is 10.6 Å². The molecule has 0 radical (unpaired) electrons. The third-order valence-electron chi connectivity index (χ3n) is 2.32. The monoisotopic (exact) mass is 240 g/mol. The average Bonchev–Trinajstić information content (AvgIpc) is 2.39. The zero-order chi connectivity index (χ0) is 12.1. The van der Waals surface area contributed by atoms with Crippen molar-refractivity contribution in [3.8, 4) is 6.07 Å². The lowest BCUT2D eigenvalue weighted by Crippen LogP contribution is -1.86. The van der Waals surface area contributed by atoms with Crippen molar-refractivity contribution < 1.29 is 0 Å². The molecule has 0 aromatic heterocycles. The lowest BCUT2D eigenvalue weighted by molar-refractivity contribution is 1.41. The van der Waals surface area contributed by atoms with E-state index in [4.69, 9.17) is 5.26 Å². The molecule has 0 spiro atoms. The minimum Gasteiger partial charge on any atom is -0.326 e. The summed E-state index contributed by atoms with van der Waals surface area (Å²) in [6, 6.07) is 17.8. The molecule has 0 aliphatic heterocycles. The second kappa shape index (κ2) is 5.42. The van der Waals surface area contributed by atoms with Crippen molar-refractivity contribution in [3.63, 3.8) is 0 Å². The minimum atomic E-state index is 0.685. The maximum Gasteiger partial charge on any atom is 0.0991 e. The fourth-order valence-corrected chi connectivity index (χ4v) is 1.98. The summed E-state index contributed by atoms with van der Waals surface area (Å²) in [5, 5.41) is 8.69. The van der Waals surface area contributed by atoms with Gasteiger partial charge in [0.2, 0.25) is 0 Å². The van der Waals surface area contributed by atoms with Gasteiger partial charge >= 0.3 is 0 Å². The number of hydrogen-bond acceptors (Lipinski definition) is 3. The van der Waals surface area contributed by atoms with Crippen LogP contribution >= 0.6 is 11.9 Å². The Morgan fingerprint density at radius 2 is 1.65 bits per heavy atom. The van der Waals surface area contributed by atoms with Crippen molar-refractivity contribution in [1.82, 2.24) is 0 Å². The van der Waals surface area contributed by atoms with E-state index < -0.39 is 0 Å². The van der Waals surface area contributed by atoms with Crippen LogP contribution in [0.15, 0.2) is 53.4 Å². The molecule has 0 saturated heterocycles. The number of nitriles is 1. The predicted octanol–water partition coefficient (Wildman–Crippen LogP) is 3.99. The van der Waals surface area contributed by atoms with E-state index >= 15 is 0 Å². The number of nitrogens with one attached hydrogen (secondary N) is 1. The normalized spacial score (nSPS) is 9.65. The van der Waals surface area contributed by atoms with Gasteiger partial charge < -0.3 is 4.72 Å². The number of aryl methyl sites for hydroxylation is 1. The first-order valence-corrected chi connectivity index (χ1v) is 6.09. The van der Waals surface area contributed by atoms with E-state index in [9.17, 15) is 0 Å². The minimum absolute atomic E-state index is 0.685. The summed E-state index contributed by atoms with van der Waals surface area (Å²) in [6.07, 6.45) is 0. The molecule has 0 amide bonds. The standard InChI is InChI=1S/C14H12N2S/c1-11-2-6-13(7-3-11)16-17-14-8-4-12(10-15)5-9-14/h2-9,16H,1H3. The first-order chi connectivity index (χ1) is 8.28. The fourth-order valence-electron chi connectivity index (χ4n) is 1.34. The van der Waals surface area contributed by atoms with Crippen molar-refractivity contribution in [3.05, 3.63) is 59.7 Å². The van der Waals surface area contributed by atoms with Crippen LogP contribution in [0.5, 0.6) is 0 Å². The van der Waals surface area contributed by atoms with Crippen LogP contribution in [0, 0.1) is 18.3 Å². The maximum absolute atomic E-state index is 8.69. The highest BCUT2D eigenvalue weighted by atomic mass is 32.2. The van der Waals surface area contributed by atoms with Crippen LogP contribution in [0.4, 0.5) is 5.69 Å². The highest BCUT2D eigenvalue weighted by molar-refractivity contribution is 8.00. The van der Waals surface area contributed by atoms with Gasteiger partial charge in [-0.25, -0.2) is 0 Å². The van der Waals surface area contributed by atoms with E-state index in [0.29, 0.717) is 5.56 Å². The molecule has 1 N–H and O–H groups in total. The van der Waals surface area contributed by atoms with Crippen molar-refractivity contribution in [2.75, 3.05) is 4.72 Å². The Balaban J connectivity index is 1.98. The maximum atomic E-state index is 8.69. The molecule has 2 nitrogen and oxygen atoms in total. The fraction of sp³-hybridized carbons (Fsp3) is 0.0714. The highest BCUT2D eigenvalue weighted by Gasteiger charge is 1.96. The topological polar surface area (TPSA) is 35.8 Å². The van der Waals surface area contributed by atoms with Gasteiger partial charge in [0.25, 0.3) is 0 Å². The molecule has 2 aromatic rings. The number of benzene rings is 2. The van der Waals surface area contributed by atoms with E-state index in [1.165, 1.54) is 17.5 Å². The first-order valence-electron chi connectivity index (χ1n) is 5.27. The van der Waals surface area contributed by atoms with Gasteiger partial charge in [-0.2, -0.15) is 5.26 Å². The third kappa shape index (κ3) is 3.27. The van der Waals surface area contributed by atoms with Gasteiger partial charge in [-0.15, -0.1) is 0 Å². The summed E-state index contributed by atoms with van der Waals surface area (Å²) >= 11 is 1.54. The van der Waals surface area contributed by atoms with Gasteiger partial charge in [-0.3, -0.25) is 0 Å². The Labute approximate surface area is 105 Å². The van der Waals surface area contributed by atoms with Gasteiger partial charge in [-0.05, 0) is 55.3 Å². The molecule has 84 valence electrons. The predicted molar refractivity (Wildman–Crippen MR) is 71.8 cm³/mol. The largest absolute Gasteiger partial charge is 0.326 e. The summed E-state index contributed by atoms with van der Waals surface area (Å²) in [5.74, 6) is 0. The zero-order valence-electron chi connectivity index (χ0n) is 9.47. The van der Waals surface area contributed by atoms with E-state index in [1.807, 2.05) is 36.4 Å². The Bertz CT molecular complexity index is 524. The molecular weight excluding hydrogens is 228 g/mol. The Hall–Kier alpha value is -1.92. The second-order valence-electron chi connectivity index (χ2n) is 3.71. The van der Waals surface area contributed by atoms with Crippen LogP contribution < -0.4 is 4.72 Å². The van der Waals surface area contributed by atoms with Gasteiger partial charge in [0.15, 0.2) is 0 Å². The molecule has 2 rings (SSSR count). The van der Waals surface area contributed by atoms with E-state index in [2.05, 4.69) is 29.8 Å². The van der Waals surface area contributed by atoms with E-state index in [-0.39, 0.29) is 0 Å². The zero-order valence-corrected chi connectivity index (χ0v) is 10.3. The van der Waals surface area contributed by atoms with Crippen LogP contribution in [-0.2, 0) is 0 Å². The summed E-state index contributed by atoms with van der Waals surface area (Å²) in [5.41, 5.74) is 3.01. The second-order valence-corrected chi connectivity index (χ2v) is 4.59. The quantitative estimate of drug-likeness (QED) is 0.824. The number of rotatable bonds is 3. The summed E-state index contributed by atoms with van der Waals surface area (Å²) in [6.45, 7) is 2.07. The molecule has 0 heterocycles. The molecule has 0 saturated carbocycles. The molecule has 0 aliphatic rings. The lowest BCUT2D eigenvalue weighted by Gasteiger charge is -2.05. The molecule has 0 unspecified atom stereocenters. The smallest absolute Gasteiger partial charge is 0.0991 e. The lowest BCUT2D eigenvalue weighted by atomic mass is 10.2. The Morgan fingerprint density at radius 3 is 2.24 bits per heavy atom. The first kappa shape index (κ1) is 11.6. The van der Waals surface area contributed by atoms with Crippen molar-refractivity contribution in [2.24, 2.45) is 0 Å². The van der Waals surface area contributed by atoms with Crippen LogP contribution in [0.1, 0.15) is 11.1 Å². The van der Waals surface area contributed by atoms with Crippen molar-refractivity contribution in [1.29, 1.82) is 5.26 Å². The van der Waals surface area contributed by atoms with Crippen molar-refractivity contribution in [2.45, 2.75) is 11.8 Å². The summed E-state index contributed by atoms with van der Waals surface area (Å²) in [7, 11) is 0. The van der Waals surface area contributed by atoms with Crippen molar-refractivity contribution >= 4 is 17.6 Å². The third-order valence-corrected chi connectivity index (χ3v) is 3.17. The number of nitrogens with zero attached hydrogens (tertiary/aromatic N) is 1. The molecule has 0 atom stereocenters. The van der Waals surface area contributed by atoms with Gasteiger partial charge in [0.1, 0.15) is 0 Å². The molecule has 0 bridgehead atoms. The van der Waals surface area contributed by atoms with E-state index in [0.717, 1.165) is 10.6 Å². The number of anilines is 1. The Kier molecular flexibility index (Phi) is 3.69. The van der Waals surface area contributed by atoms with Crippen LogP contribution in [0.3, 0.4) is 0 Å². The Morgan fingerprint density at radius 1 is 1.00 bits per heavy atom. The van der Waals surface area contributed by atoms with Crippen LogP contribution in [-0.4, -0.2) is 0 Å². The molecule has 2 aromatic carbocycles.